The minimum absolute atomic E-state index is 0.211. The van der Waals surface area contributed by atoms with Crippen LogP contribution in [-0.2, 0) is 24.9 Å². The first-order valence-corrected chi connectivity index (χ1v) is 8.44. The summed E-state index contributed by atoms with van der Waals surface area (Å²) in [5.74, 6) is 0.467. The Morgan fingerprint density at radius 3 is 2.67 bits per heavy atom. The van der Waals surface area contributed by atoms with Gasteiger partial charge in [0.05, 0.1) is 18.8 Å². The zero-order chi connectivity index (χ0) is 16.5. The molecule has 2 aromatic heterocycles. The second-order valence-corrected chi connectivity index (χ2v) is 6.54. The van der Waals surface area contributed by atoms with Gasteiger partial charge in [0.2, 0.25) is 5.91 Å². The van der Waals surface area contributed by atoms with Crippen LogP contribution in [-0.4, -0.2) is 20.4 Å². The Morgan fingerprint density at radius 2 is 1.96 bits per heavy atom. The molecule has 0 aliphatic heterocycles. The first-order chi connectivity index (χ1) is 11.7. The highest BCUT2D eigenvalue weighted by Gasteiger charge is 2.33. The highest BCUT2D eigenvalue weighted by molar-refractivity contribution is 5.83. The van der Waals surface area contributed by atoms with Gasteiger partial charge in [-0.1, -0.05) is 24.3 Å². The number of amides is 1. The van der Waals surface area contributed by atoms with E-state index in [9.17, 15) is 4.79 Å². The lowest BCUT2D eigenvalue weighted by atomic mass is 10.2. The molecule has 3 aromatic rings. The summed E-state index contributed by atoms with van der Waals surface area (Å²) in [5.41, 5.74) is 3.29. The van der Waals surface area contributed by atoms with Gasteiger partial charge in [-0.05, 0) is 42.5 Å². The summed E-state index contributed by atoms with van der Waals surface area (Å²) in [7, 11) is 2.07. The number of pyridine rings is 1. The van der Waals surface area contributed by atoms with E-state index in [-0.39, 0.29) is 11.8 Å². The molecule has 0 spiro atoms. The van der Waals surface area contributed by atoms with Crippen molar-refractivity contribution in [2.75, 3.05) is 0 Å². The maximum Gasteiger partial charge on any atom is 0.226 e. The predicted molar refractivity (Wildman–Crippen MR) is 94.1 cm³/mol. The fourth-order valence-corrected chi connectivity index (χ4v) is 3.18. The number of para-hydroxylation sites is 1. The molecule has 0 N–H and O–H groups in total. The Balaban J connectivity index is 1.62. The molecule has 1 aliphatic rings. The smallest absolute Gasteiger partial charge is 0.226 e. The second-order valence-electron chi connectivity index (χ2n) is 6.54. The molecular formula is C20H21N3O. The Bertz CT molecular complexity index is 865. The largest absolute Gasteiger partial charge is 0.346 e. The van der Waals surface area contributed by atoms with Crippen LogP contribution in [0.5, 0.6) is 0 Å². The van der Waals surface area contributed by atoms with E-state index in [2.05, 4.69) is 34.8 Å². The SMILES string of the molecule is Cn1c(CN(Cc2ccccn2)C(=O)C2CC2)cc2ccccc21. The van der Waals surface area contributed by atoms with Gasteiger partial charge in [0.25, 0.3) is 0 Å². The van der Waals surface area contributed by atoms with Crippen LogP contribution in [0.2, 0.25) is 0 Å². The maximum atomic E-state index is 12.7. The monoisotopic (exact) mass is 319 g/mol. The third-order valence-electron chi connectivity index (χ3n) is 4.72. The number of hydrogen-bond donors (Lipinski definition) is 0. The molecule has 2 heterocycles. The fourth-order valence-electron chi connectivity index (χ4n) is 3.18. The van der Waals surface area contributed by atoms with E-state index >= 15 is 0 Å². The van der Waals surface area contributed by atoms with E-state index in [1.807, 2.05) is 35.2 Å². The molecule has 4 heteroatoms. The number of carbonyl (C=O) groups is 1. The van der Waals surface area contributed by atoms with Crippen molar-refractivity contribution in [3.8, 4) is 0 Å². The molecular weight excluding hydrogens is 298 g/mol. The predicted octanol–water partition coefficient (Wildman–Crippen LogP) is 3.51. The Labute approximate surface area is 141 Å². The molecule has 0 saturated heterocycles. The van der Waals surface area contributed by atoms with E-state index in [1.165, 1.54) is 10.9 Å². The topological polar surface area (TPSA) is 38.1 Å². The normalized spacial score (nSPS) is 14.0. The van der Waals surface area contributed by atoms with Crippen molar-refractivity contribution in [2.45, 2.75) is 25.9 Å². The number of carbonyl (C=O) groups excluding carboxylic acids is 1. The highest BCUT2D eigenvalue weighted by Crippen LogP contribution is 2.32. The number of fused-ring (bicyclic) bond motifs is 1. The fraction of sp³-hybridized carbons (Fsp3) is 0.300. The lowest BCUT2D eigenvalue weighted by Gasteiger charge is -2.23. The van der Waals surface area contributed by atoms with E-state index < -0.39 is 0 Å². The summed E-state index contributed by atoms with van der Waals surface area (Å²) in [6.45, 7) is 1.19. The van der Waals surface area contributed by atoms with Crippen LogP contribution < -0.4 is 0 Å². The molecule has 122 valence electrons. The molecule has 4 nitrogen and oxygen atoms in total. The Hall–Kier alpha value is -2.62. The van der Waals surface area contributed by atoms with Gasteiger partial charge in [0, 0.05) is 30.4 Å². The summed E-state index contributed by atoms with van der Waals surface area (Å²) in [4.78, 5) is 19.1. The molecule has 0 unspecified atom stereocenters. The molecule has 1 amide bonds. The van der Waals surface area contributed by atoms with Crippen molar-refractivity contribution in [3.63, 3.8) is 0 Å². The van der Waals surface area contributed by atoms with Crippen molar-refractivity contribution < 1.29 is 4.79 Å². The van der Waals surface area contributed by atoms with Crippen molar-refractivity contribution in [3.05, 3.63) is 66.1 Å². The summed E-state index contributed by atoms with van der Waals surface area (Å²) >= 11 is 0. The van der Waals surface area contributed by atoms with Crippen molar-refractivity contribution in [1.29, 1.82) is 0 Å². The average molecular weight is 319 g/mol. The van der Waals surface area contributed by atoms with Crippen molar-refractivity contribution in [1.82, 2.24) is 14.5 Å². The number of aromatic nitrogens is 2. The third-order valence-corrected chi connectivity index (χ3v) is 4.72. The number of rotatable bonds is 5. The summed E-state index contributed by atoms with van der Waals surface area (Å²) < 4.78 is 2.18. The van der Waals surface area contributed by atoms with Crippen LogP contribution in [0.4, 0.5) is 0 Å². The lowest BCUT2D eigenvalue weighted by Crippen LogP contribution is -2.32. The number of benzene rings is 1. The van der Waals surface area contributed by atoms with E-state index in [4.69, 9.17) is 0 Å². The van der Waals surface area contributed by atoms with Gasteiger partial charge in [-0.3, -0.25) is 9.78 Å². The van der Waals surface area contributed by atoms with E-state index in [0.29, 0.717) is 13.1 Å². The van der Waals surface area contributed by atoms with Crippen LogP contribution in [0, 0.1) is 5.92 Å². The molecule has 1 aliphatic carbocycles. The van der Waals surface area contributed by atoms with E-state index in [0.717, 1.165) is 24.2 Å². The van der Waals surface area contributed by atoms with Crippen molar-refractivity contribution >= 4 is 16.8 Å². The van der Waals surface area contributed by atoms with Crippen LogP contribution in [0.3, 0.4) is 0 Å². The number of hydrogen-bond acceptors (Lipinski definition) is 2. The van der Waals surface area contributed by atoms with Gasteiger partial charge < -0.3 is 9.47 Å². The molecule has 24 heavy (non-hydrogen) atoms. The van der Waals surface area contributed by atoms with Gasteiger partial charge >= 0.3 is 0 Å². The van der Waals surface area contributed by atoms with Crippen LogP contribution in [0.25, 0.3) is 10.9 Å². The summed E-state index contributed by atoms with van der Waals surface area (Å²) in [6.07, 6.45) is 3.82. The van der Waals surface area contributed by atoms with Crippen LogP contribution in [0.15, 0.2) is 54.7 Å². The molecule has 1 aromatic carbocycles. The molecule has 0 atom stereocenters. The average Bonchev–Trinajstić information content (AvgIpc) is 3.41. The minimum Gasteiger partial charge on any atom is -0.346 e. The molecule has 1 saturated carbocycles. The molecule has 0 radical (unpaired) electrons. The quantitative estimate of drug-likeness (QED) is 0.722. The molecule has 1 fully saturated rings. The third kappa shape index (κ3) is 2.92. The minimum atomic E-state index is 0.211. The zero-order valence-corrected chi connectivity index (χ0v) is 13.9. The highest BCUT2D eigenvalue weighted by atomic mass is 16.2. The zero-order valence-electron chi connectivity index (χ0n) is 13.9. The van der Waals surface area contributed by atoms with Gasteiger partial charge in [-0.2, -0.15) is 0 Å². The maximum absolute atomic E-state index is 12.7. The molecule has 4 rings (SSSR count). The van der Waals surface area contributed by atoms with Gasteiger partial charge in [-0.25, -0.2) is 0 Å². The number of nitrogens with zero attached hydrogens (tertiary/aromatic N) is 3. The Kier molecular flexibility index (Phi) is 3.81. The first-order valence-electron chi connectivity index (χ1n) is 8.44. The standard InChI is InChI=1S/C20H21N3O/c1-22-18(12-16-6-2-3-8-19(16)22)14-23(20(24)15-9-10-15)13-17-7-4-5-11-21-17/h2-8,11-12,15H,9-10,13-14H2,1H3. The van der Waals surface area contributed by atoms with Gasteiger partial charge in [0.15, 0.2) is 0 Å². The molecule has 0 bridgehead atoms. The Morgan fingerprint density at radius 1 is 1.17 bits per heavy atom. The van der Waals surface area contributed by atoms with Crippen LogP contribution in [0.1, 0.15) is 24.2 Å². The first kappa shape index (κ1) is 14.9. The van der Waals surface area contributed by atoms with Gasteiger partial charge in [0.1, 0.15) is 0 Å². The summed E-state index contributed by atoms with van der Waals surface area (Å²) in [5, 5.41) is 1.21. The second kappa shape index (κ2) is 6.11. The van der Waals surface area contributed by atoms with Crippen LogP contribution >= 0.6 is 0 Å². The van der Waals surface area contributed by atoms with Crippen molar-refractivity contribution in [2.24, 2.45) is 13.0 Å². The number of aryl methyl sites for hydroxylation is 1. The van der Waals surface area contributed by atoms with Gasteiger partial charge in [-0.15, -0.1) is 0 Å². The van der Waals surface area contributed by atoms with E-state index in [1.54, 1.807) is 6.20 Å². The lowest BCUT2D eigenvalue weighted by molar-refractivity contribution is -0.134. The summed E-state index contributed by atoms with van der Waals surface area (Å²) in [6, 6.07) is 16.4.